The Morgan fingerprint density at radius 2 is 1.43 bits per heavy atom. The van der Waals surface area contributed by atoms with Gasteiger partial charge in [-0.05, 0) is 79.4 Å². The highest BCUT2D eigenvalue weighted by Crippen LogP contribution is 2.27. The largest absolute Gasteiger partial charge is 0.325 e. The van der Waals surface area contributed by atoms with Gasteiger partial charge in [-0.2, -0.15) is 0 Å². The molecule has 4 aromatic rings. The first-order valence-corrected chi connectivity index (χ1v) is 14.7. The number of benzene rings is 4. The molecule has 4 rings (SSSR count). The van der Waals surface area contributed by atoms with E-state index in [1.54, 1.807) is 36.4 Å². The van der Waals surface area contributed by atoms with E-state index >= 15 is 0 Å². The number of nitrogens with one attached hydrogen (secondary N) is 3. The summed E-state index contributed by atoms with van der Waals surface area (Å²) in [5.41, 5.74) is 4.95. The molecule has 0 saturated heterocycles. The smallest absolute Gasteiger partial charge is 0.272 e. The van der Waals surface area contributed by atoms with Crippen LogP contribution in [0.2, 0.25) is 0 Å². The minimum atomic E-state index is -0.459. The molecule has 3 amide bonds. The number of thioether (sulfide) groups is 1. The molecule has 0 aliphatic rings. The van der Waals surface area contributed by atoms with Crippen molar-refractivity contribution in [1.29, 1.82) is 0 Å². The summed E-state index contributed by atoms with van der Waals surface area (Å²) >= 11 is 1.39. The Labute approximate surface area is 251 Å². The van der Waals surface area contributed by atoms with Gasteiger partial charge in [0.1, 0.15) is 5.70 Å². The SMILES string of the molecule is Cc1ccc(NC(=O)C(C)Sc2cccc(NC(=O)/C(=C\c3ccc(C(C)C)cc3)NC(=O)c3ccccc3)c2)cc1. The third kappa shape index (κ3) is 8.69. The number of carbonyl (C=O) groups is 3. The van der Waals surface area contributed by atoms with E-state index in [2.05, 4.69) is 29.8 Å². The molecule has 7 heteroatoms. The predicted molar refractivity (Wildman–Crippen MR) is 173 cm³/mol. The first kappa shape index (κ1) is 30.3. The van der Waals surface area contributed by atoms with Crippen molar-refractivity contribution >= 4 is 46.9 Å². The van der Waals surface area contributed by atoms with Crippen molar-refractivity contribution in [3.8, 4) is 0 Å². The van der Waals surface area contributed by atoms with E-state index in [4.69, 9.17) is 0 Å². The van der Waals surface area contributed by atoms with Crippen molar-refractivity contribution in [3.63, 3.8) is 0 Å². The topological polar surface area (TPSA) is 87.3 Å². The molecule has 42 heavy (non-hydrogen) atoms. The third-order valence-electron chi connectivity index (χ3n) is 6.54. The molecule has 1 unspecified atom stereocenters. The van der Waals surface area contributed by atoms with Crippen LogP contribution in [0, 0.1) is 6.92 Å². The lowest BCUT2D eigenvalue weighted by Crippen LogP contribution is -2.30. The zero-order valence-corrected chi connectivity index (χ0v) is 25.0. The fourth-order valence-electron chi connectivity index (χ4n) is 4.07. The fraction of sp³-hybridized carbons (Fsp3) is 0.171. The summed E-state index contributed by atoms with van der Waals surface area (Å²) in [5.74, 6) is -0.575. The quantitative estimate of drug-likeness (QED) is 0.133. The van der Waals surface area contributed by atoms with Crippen LogP contribution in [-0.4, -0.2) is 23.0 Å². The van der Waals surface area contributed by atoms with Gasteiger partial charge < -0.3 is 16.0 Å². The molecule has 0 saturated carbocycles. The number of anilines is 2. The van der Waals surface area contributed by atoms with E-state index in [0.717, 1.165) is 21.7 Å². The zero-order chi connectivity index (χ0) is 30.1. The lowest BCUT2D eigenvalue weighted by Gasteiger charge is -2.14. The van der Waals surface area contributed by atoms with Crippen LogP contribution in [0.4, 0.5) is 11.4 Å². The van der Waals surface area contributed by atoms with Gasteiger partial charge >= 0.3 is 0 Å². The Balaban J connectivity index is 1.49. The molecular weight excluding hydrogens is 542 g/mol. The molecule has 0 aromatic heterocycles. The van der Waals surface area contributed by atoms with Crippen LogP contribution in [0.5, 0.6) is 0 Å². The molecule has 0 heterocycles. The second-order valence-electron chi connectivity index (χ2n) is 10.3. The minimum absolute atomic E-state index is 0.115. The maximum Gasteiger partial charge on any atom is 0.272 e. The molecule has 0 aliphatic carbocycles. The highest BCUT2D eigenvalue weighted by Gasteiger charge is 2.17. The monoisotopic (exact) mass is 577 g/mol. The van der Waals surface area contributed by atoms with Gasteiger partial charge in [-0.1, -0.05) is 80.1 Å². The molecule has 0 fully saturated rings. The van der Waals surface area contributed by atoms with Gasteiger partial charge in [-0.15, -0.1) is 11.8 Å². The summed E-state index contributed by atoms with van der Waals surface area (Å²) in [5, 5.41) is 8.25. The molecule has 0 bridgehead atoms. The summed E-state index contributed by atoms with van der Waals surface area (Å²) in [4.78, 5) is 40.0. The van der Waals surface area contributed by atoms with Crippen molar-refractivity contribution in [2.75, 3.05) is 10.6 Å². The first-order valence-electron chi connectivity index (χ1n) is 13.8. The first-order chi connectivity index (χ1) is 20.2. The van der Waals surface area contributed by atoms with Crippen LogP contribution in [0.15, 0.2) is 114 Å². The van der Waals surface area contributed by atoms with E-state index in [1.807, 2.05) is 86.6 Å². The minimum Gasteiger partial charge on any atom is -0.325 e. The maximum absolute atomic E-state index is 13.5. The Morgan fingerprint density at radius 3 is 2.10 bits per heavy atom. The summed E-state index contributed by atoms with van der Waals surface area (Å²) in [6.45, 7) is 8.07. The van der Waals surface area contributed by atoms with Crippen LogP contribution < -0.4 is 16.0 Å². The lowest BCUT2D eigenvalue weighted by atomic mass is 10.0. The van der Waals surface area contributed by atoms with E-state index in [1.165, 1.54) is 17.3 Å². The van der Waals surface area contributed by atoms with Crippen molar-refractivity contribution in [2.24, 2.45) is 0 Å². The predicted octanol–water partition coefficient (Wildman–Crippen LogP) is 7.65. The Hall–Kier alpha value is -4.62. The van der Waals surface area contributed by atoms with Gasteiger partial charge in [0, 0.05) is 21.8 Å². The van der Waals surface area contributed by atoms with Gasteiger partial charge in [-0.25, -0.2) is 0 Å². The highest BCUT2D eigenvalue weighted by molar-refractivity contribution is 8.00. The van der Waals surface area contributed by atoms with Gasteiger partial charge in [0.05, 0.1) is 5.25 Å². The van der Waals surface area contributed by atoms with Crippen molar-refractivity contribution in [3.05, 3.63) is 131 Å². The Bertz CT molecular complexity index is 1560. The summed E-state index contributed by atoms with van der Waals surface area (Å²) in [7, 11) is 0. The standard InChI is InChI=1S/C35H35N3O3S/c1-23(2)27-17-15-26(16-18-27)21-32(38-34(40)28-9-6-5-7-10-28)35(41)37-30-11-8-12-31(22-30)42-25(4)33(39)36-29-19-13-24(3)14-20-29/h5-23,25H,1-4H3,(H,36,39)(H,37,41)(H,38,40)/b32-21+. The summed E-state index contributed by atoms with van der Waals surface area (Å²) in [6, 6.07) is 31.6. The molecule has 0 radical (unpaired) electrons. The zero-order valence-electron chi connectivity index (χ0n) is 24.2. The van der Waals surface area contributed by atoms with E-state index < -0.39 is 5.91 Å². The van der Waals surface area contributed by atoms with Gasteiger partial charge in [-0.3, -0.25) is 14.4 Å². The average molecular weight is 578 g/mol. The number of amides is 3. The average Bonchev–Trinajstić information content (AvgIpc) is 2.98. The summed E-state index contributed by atoms with van der Waals surface area (Å²) < 4.78 is 0. The number of aryl methyl sites for hydroxylation is 1. The fourth-order valence-corrected chi connectivity index (χ4v) is 5.00. The Morgan fingerprint density at radius 1 is 0.738 bits per heavy atom. The molecule has 3 N–H and O–H groups in total. The molecule has 214 valence electrons. The second kappa shape index (κ2) is 14.3. The molecule has 6 nitrogen and oxygen atoms in total. The number of hydrogen-bond acceptors (Lipinski definition) is 4. The van der Waals surface area contributed by atoms with Crippen molar-refractivity contribution in [1.82, 2.24) is 5.32 Å². The van der Waals surface area contributed by atoms with E-state index in [9.17, 15) is 14.4 Å². The van der Waals surface area contributed by atoms with Crippen LogP contribution in [0.1, 0.15) is 53.7 Å². The number of hydrogen-bond donors (Lipinski definition) is 3. The van der Waals surface area contributed by atoms with Crippen LogP contribution in [0.25, 0.3) is 6.08 Å². The molecule has 0 aliphatic heterocycles. The molecule has 1 atom stereocenters. The second-order valence-corrected chi connectivity index (χ2v) is 11.7. The van der Waals surface area contributed by atoms with Gasteiger partial charge in [0.15, 0.2) is 0 Å². The van der Waals surface area contributed by atoms with E-state index in [0.29, 0.717) is 17.2 Å². The van der Waals surface area contributed by atoms with Gasteiger partial charge in [0.25, 0.3) is 11.8 Å². The van der Waals surface area contributed by atoms with Crippen molar-refractivity contribution in [2.45, 2.75) is 43.8 Å². The lowest BCUT2D eigenvalue weighted by molar-refractivity contribution is -0.115. The molecule has 4 aromatic carbocycles. The maximum atomic E-state index is 13.5. The normalized spacial score (nSPS) is 12.0. The van der Waals surface area contributed by atoms with Crippen LogP contribution in [0.3, 0.4) is 0 Å². The number of rotatable bonds is 10. The van der Waals surface area contributed by atoms with Crippen molar-refractivity contribution < 1.29 is 14.4 Å². The Kier molecular flexibility index (Phi) is 10.3. The molecular formula is C35H35N3O3S. The van der Waals surface area contributed by atoms with Crippen LogP contribution >= 0.6 is 11.8 Å². The third-order valence-corrected chi connectivity index (χ3v) is 7.63. The summed E-state index contributed by atoms with van der Waals surface area (Å²) in [6.07, 6.45) is 1.66. The van der Waals surface area contributed by atoms with E-state index in [-0.39, 0.29) is 22.8 Å². The molecule has 0 spiro atoms. The highest BCUT2D eigenvalue weighted by atomic mass is 32.2. The number of carbonyl (C=O) groups excluding carboxylic acids is 3. The van der Waals surface area contributed by atoms with Crippen LogP contribution in [-0.2, 0) is 9.59 Å². The van der Waals surface area contributed by atoms with Gasteiger partial charge in [0.2, 0.25) is 5.91 Å².